The van der Waals surface area contributed by atoms with Crippen LogP contribution in [0.1, 0.15) is 18.4 Å². The highest BCUT2D eigenvalue weighted by atomic mass is 16.6. The molecule has 0 spiro atoms. The van der Waals surface area contributed by atoms with Gasteiger partial charge in [0.2, 0.25) is 0 Å². The molecule has 3 nitrogen and oxygen atoms in total. The Morgan fingerprint density at radius 1 is 1.06 bits per heavy atom. The predicted octanol–water partition coefficient (Wildman–Crippen LogP) is 1.97. The molecule has 2 saturated heterocycles. The molecule has 2 aliphatic rings. The summed E-state index contributed by atoms with van der Waals surface area (Å²) in [6.45, 7) is 2.78. The van der Waals surface area contributed by atoms with Gasteiger partial charge in [-0.05, 0) is 25.5 Å². The normalized spacial score (nSPS) is 26.2. The second-order valence-electron chi connectivity index (χ2n) is 4.41. The third-order valence-electron chi connectivity index (χ3n) is 3.11. The van der Waals surface area contributed by atoms with Crippen LogP contribution in [0.3, 0.4) is 0 Å². The highest BCUT2D eigenvalue weighted by Crippen LogP contribution is 2.25. The molecule has 2 fully saturated rings. The van der Waals surface area contributed by atoms with Gasteiger partial charge < -0.3 is 14.8 Å². The maximum Gasteiger partial charge on any atom is 0.0859 e. The molecule has 0 saturated carbocycles. The molecule has 0 bridgehead atoms. The molecule has 0 amide bonds. The SMILES string of the molecule is C1CC2OCCC2O1.CNCc1ccccc1. The average Bonchev–Trinajstić information content (AvgIpc) is 2.94. The number of ether oxygens (including phenoxy) is 2. The summed E-state index contributed by atoms with van der Waals surface area (Å²) in [4.78, 5) is 0. The first-order chi connectivity index (χ1) is 8.40. The maximum atomic E-state index is 5.35. The van der Waals surface area contributed by atoms with Crippen molar-refractivity contribution in [2.75, 3.05) is 20.3 Å². The number of benzene rings is 1. The summed E-state index contributed by atoms with van der Waals surface area (Å²) in [5.41, 5.74) is 1.33. The lowest BCUT2D eigenvalue weighted by molar-refractivity contribution is 0.0732. The van der Waals surface area contributed by atoms with Crippen LogP contribution in [0.5, 0.6) is 0 Å². The Morgan fingerprint density at radius 2 is 1.65 bits per heavy atom. The average molecular weight is 235 g/mol. The van der Waals surface area contributed by atoms with E-state index >= 15 is 0 Å². The highest BCUT2D eigenvalue weighted by molar-refractivity contribution is 5.13. The third kappa shape index (κ3) is 3.80. The van der Waals surface area contributed by atoms with Crippen molar-refractivity contribution in [3.05, 3.63) is 35.9 Å². The van der Waals surface area contributed by atoms with E-state index in [1.54, 1.807) is 0 Å². The van der Waals surface area contributed by atoms with Crippen LogP contribution in [-0.2, 0) is 16.0 Å². The van der Waals surface area contributed by atoms with E-state index in [4.69, 9.17) is 9.47 Å². The van der Waals surface area contributed by atoms with E-state index in [-0.39, 0.29) is 0 Å². The van der Waals surface area contributed by atoms with Crippen molar-refractivity contribution in [3.63, 3.8) is 0 Å². The minimum Gasteiger partial charge on any atom is -0.375 e. The minimum absolute atomic E-state index is 0.454. The molecule has 2 aliphatic heterocycles. The first-order valence-corrected chi connectivity index (χ1v) is 6.32. The first-order valence-electron chi connectivity index (χ1n) is 6.32. The topological polar surface area (TPSA) is 30.5 Å². The van der Waals surface area contributed by atoms with Gasteiger partial charge in [0.25, 0.3) is 0 Å². The van der Waals surface area contributed by atoms with Crippen molar-refractivity contribution in [1.82, 2.24) is 5.32 Å². The minimum atomic E-state index is 0.454. The molecular weight excluding hydrogens is 214 g/mol. The second-order valence-corrected chi connectivity index (χ2v) is 4.41. The van der Waals surface area contributed by atoms with Gasteiger partial charge in [0.15, 0.2) is 0 Å². The molecule has 2 unspecified atom stereocenters. The van der Waals surface area contributed by atoms with Crippen LogP contribution in [-0.4, -0.2) is 32.5 Å². The van der Waals surface area contributed by atoms with Crippen LogP contribution < -0.4 is 5.32 Å². The summed E-state index contributed by atoms with van der Waals surface area (Å²) in [6.07, 6.45) is 3.14. The van der Waals surface area contributed by atoms with E-state index < -0.39 is 0 Å². The quantitative estimate of drug-likeness (QED) is 0.850. The van der Waals surface area contributed by atoms with Crippen LogP contribution >= 0.6 is 0 Å². The molecule has 17 heavy (non-hydrogen) atoms. The van der Waals surface area contributed by atoms with Gasteiger partial charge in [-0.1, -0.05) is 30.3 Å². The summed E-state index contributed by atoms with van der Waals surface area (Å²) in [7, 11) is 1.95. The van der Waals surface area contributed by atoms with Crippen LogP contribution in [0, 0.1) is 0 Å². The molecule has 1 aromatic carbocycles. The summed E-state index contributed by atoms with van der Waals surface area (Å²) < 4.78 is 10.7. The van der Waals surface area contributed by atoms with Gasteiger partial charge in [-0.15, -0.1) is 0 Å². The maximum absolute atomic E-state index is 5.35. The van der Waals surface area contributed by atoms with Crippen molar-refractivity contribution in [3.8, 4) is 0 Å². The Hall–Kier alpha value is -0.900. The van der Waals surface area contributed by atoms with E-state index in [0.717, 1.165) is 32.6 Å². The Bertz CT molecular complexity index is 295. The Kier molecular flexibility index (Phi) is 4.98. The zero-order chi connectivity index (χ0) is 11.9. The van der Waals surface area contributed by atoms with Crippen LogP contribution in [0.25, 0.3) is 0 Å². The van der Waals surface area contributed by atoms with Gasteiger partial charge in [-0.25, -0.2) is 0 Å². The number of hydrogen-bond donors (Lipinski definition) is 1. The van der Waals surface area contributed by atoms with Crippen molar-refractivity contribution in [2.45, 2.75) is 31.6 Å². The number of rotatable bonds is 2. The lowest BCUT2D eigenvalue weighted by atomic mass is 10.2. The van der Waals surface area contributed by atoms with Crippen LogP contribution in [0.4, 0.5) is 0 Å². The largest absolute Gasteiger partial charge is 0.375 e. The zero-order valence-corrected chi connectivity index (χ0v) is 10.4. The zero-order valence-electron chi connectivity index (χ0n) is 10.4. The summed E-state index contributed by atoms with van der Waals surface area (Å²) in [6, 6.07) is 10.3. The number of fused-ring (bicyclic) bond motifs is 1. The molecule has 0 aromatic heterocycles. The van der Waals surface area contributed by atoms with Crippen LogP contribution in [0.15, 0.2) is 30.3 Å². The number of nitrogens with one attached hydrogen (secondary N) is 1. The molecular formula is C14H21NO2. The molecule has 3 rings (SSSR count). The van der Waals surface area contributed by atoms with Crippen molar-refractivity contribution in [1.29, 1.82) is 0 Å². The van der Waals surface area contributed by atoms with E-state index in [9.17, 15) is 0 Å². The van der Waals surface area contributed by atoms with Gasteiger partial charge in [0, 0.05) is 19.8 Å². The Morgan fingerprint density at radius 3 is 2.18 bits per heavy atom. The molecule has 1 N–H and O–H groups in total. The standard InChI is InChI=1S/C8H11N.C6H10O2/c1-9-7-8-5-3-2-4-6-8;1-3-7-6-2-4-8-5(1)6/h2-6,9H,7H2,1H3;5-6H,1-4H2. The fourth-order valence-corrected chi connectivity index (χ4v) is 2.22. The fourth-order valence-electron chi connectivity index (χ4n) is 2.22. The van der Waals surface area contributed by atoms with Crippen LogP contribution in [0.2, 0.25) is 0 Å². The molecule has 94 valence electrons. The smallest absolute Gasteiger partial charge is 0.0859 e. The summed E-state index contributed by atoms with van der Waals surface area (Å²) >= 11 is 0. The molecule has 0 aliphatic carbocycles. The van der Waals surface area contributed by atoms with Gasteiger partial charge in [-0.2, -0.15) is 0 Å². The molecule has 2 heterocycles. The number of hydrogen-bond acceptors (Lipinski definition) is 3. The fraction of sp³-hybridized carbons (Fsp3) is 0.571. The van der Waals surface area contributed by atoms with E-state index in [2.05, 4.69) is 17.4 Å². The van der Waals surface area contributed by atoms with Gasteiger partial charge in [0.1, 0.15) is 0 Å². The molecule has 2 atom stereocenters. The lowest BCUT2D eigenvalue weighted by Crippen LogP contribution is -2.13. The molecule has 0 radical (unpaired) electrons. The first kappa shape index (κ1) is 12.6. The Labute approximate surface area is 103 Å². The van der Waals surface area contributed by atoms with E-state index in [1.807, 2.05) is 25.2 Å². The Balaban J connectivity index is 0.000000127. The summed E-state index contributed by atoms with van der Waals surface area (Å²) in [5, 5.41) is 3.08. The van der Waals surface area contributed by atoms with Gasteiger partial charge in [0.05, 0.1) is 12.2 Å². The van der Waals surface area contributed by atoms with E-state index in [1.165, 1.54) is 5.56 Å². The second kappa shape index (κ2) is 6.74. The van der Waals surface area contributed by atoms with Gasteiger partial charge >= 0.3 is 0 Å². The van der Waals surface area contributed by atoms with Crippen molar-refractivity contribution < 1.29 is 9.47 Å². The predicted molar refractivity (Wildman–Crippen MR) is 67.9 cm³/mol. The van der Waals surface area contributed by atoms with E-state index in [0.29, 0.717) is 12.2 Å². The molecule has 3 heteroatoms. The monoisotopic (exact) mass is 235 g/mol. The highest BCUT2D eigenvalue weighted by Gasteiger charge is 2.33. The third-order valence-corrected chi connectivity index (χ3v) is 3.11. The van der Waals surface area contributed by atoms with Gasteiger partial charge in [-0.3, -0.25) is 0 Å². The lowest BCUT2D eigenvalue weighted by Gasteiger charge is -2.03. The summed E-state index contributed by atoms with van der Waals surface area (Å²) in [5.74, 6) is 0. The molecule has 1 aromatic rings. The van der Waals surface area contributed by atoms with Crippen molar-refractivity contribution in [2.24, 2.45) is 0 Å². The van der Waals surface area contributed by atoms with Crippen molar-refractivity contribution >= 4 is 0 Å².